The predicted molar refractivity (Wildman–Crippen MR) is 75.8 cm³/mol. The maximum atomic E-state index is 12.4. The Balaban J connectivity index is 2.15. The normalized spacial score (nSPS) is 10.7. The molecule has 2 nitrogen and oxygen atoms in total. The van der Waals surface area contributed by atoms with E-state index in [4.69, 9.17) is 0 Å². The minimum Gasteiger partial charge on any atom is -0.283 e. The molecule has 0 N–H and O–H groups in total. The fourth-order valence-electron chi connectivity index (χ4n) is 2.00. The Bertz CT molecular complexity index is 716. The number of rotatable bonds is 1. The van der Waals surface area contributed by atoms with Crippen LogP contribution in [0.5, 0.6) is 0 Å². The SMILES string of the molecule is O=C(c1ccccc1)n1ccc2ccc(Br)cc21. The van der Waals surface area contributed by atoms with E-state index in [1.54, 1.807) is 4.57 Å². The van der Waals surface area contributed by atoms with Crippen LogP contribution in [0.1, 0.15) is 10.4 Å². The van der Waals surface area contributed by atoms with Crippen LogP contribution < -0.4 is 0 Å². The molecule has 88 valence electrons. The van der Waals surface area contributed by atoms with E-state index in [9.17, 15) is 4.79 Å². The molecule has 0 saturated carbocycles. The average molecular weight is 300 g/mol. The van der Waals surface area contributed by atoms with Gasteiger partial charge in [-0.1, -0.05) is 40.2 Å². The van der Waals surface area contributed by atoms with Crippen LogP contribution in [-0.2, 0) is 0 Å². The van der Waals surface area contributed by atoms with Gasteiger partial charge >= 0.3 is 0 Å². The summed E-state index contributed by atoms with van der Waals surface area (Å²) in [6.07, 6.45) is 1.81. The van der Waals surface area contributed by atoms with Gasteiger partial charge in [-0.05, 0) is 30.3 Å². The van der Waals surface area contributed by atoms with Gasteiger partial charge in [0, 0.05) is 21.6 Å². The number of benzene rings is 2. The number of nitrogens with zero attached hydrogens (tertiary/aromatic N) is 1. The molecule has 0 unspecified atom stereocenters. The Morgan fingerprint density at radius 1 is 1.00 bits per heavy atom. The van der Waals surface area contributed by atoms with E-state index in [1.165, 1.54) is 0 Å². The zero-order valence-corrected chi connectivity index (χ0v) is 11.1. The van der Waals surface area contributed by atoms with E-state index >= 15 is 0 Å². The summed E-state index contributed by atoms with van der Waals surface area (Å²) in [6.45, 7) is 0. The summed E-state index contributed by atoms with van der Waals surface area (Å²) < 4.78 is 2.64. The summed E-state index contributed by atoms with van der Waals surface area (Å²) in [4.78, 5) is 12.4. The van der Waals surface area contributed by atoms with E-state index < -0.39 is 0 Å². The van der Waals surface area contributed by atoms with Crippen LogP contribution in [0.25, 0.3) is 10.9 Å². The first-order chi connectivity index (χ1) is 8.75. The summed E-state index contributed by atoms with van der Waals surface area (Å²) in [5.74, 6) is -0.0105. The summed E-state index contributed by atoms with van der Waals surface area (Å²) in [5.41, 5.74) is 1.60. The lowest BCUT2D eigenvalue weighted by Crippen LogP contribution is -2.10. The first-order valence-corrected chi connectivity index (χ1v) is 6.41. The van der Waals surface area contributed by atoms with E-state index in [0.29, 0.717) is 5.56 Å². The largest absolute Gasteiger partial charge is 0.283 e. The molecule has 0 aliphatic rings. The molecule has 3 heteroatoms. The lowest BCUT2D eigenvalue weighted by molar-refractivity contribution is 0.0965. The Labute approximate surface area is 113 Å². The van der Waals surface area contributed by atoms with Gasteiger partial charge in [-0.3, -0.25) is 9.36 Å². The molecule has 0 amide bonds. The summed E-state index contributed by atoms with van der Waals surface area (Å²) >= 11 is 3.43. The number of hydrogen-bond acceptors (Lipinski definition) is 1. The van der Waals surface area contributed by atoms with Crippen molar-refractivity contribution in [2.75, 3.05) is 0 Å². The fourth-order valence-corrected chi connectivity index (χ4v) is 2.35. The van der Waals surface area contributed by atoms with Gasteiger partial charge in [-0.15, -0.1) is 0 Å². The highest BCUT2D eigenvalue weighted by molar-refractivity contribution is 9.10. The molecule has 3 rings (SSSR count). The van der Waals surface area contributed by atoms with Crippen LogP contribution in [0.3, 0.4) is 0 Å². The van der Waals surface area contributed by atoms with Crippen LogP contribution in [0.2, 0.25) is 0 Å². The van der Waals surface area contributed by atoms with E-state index in [1.807, 2.05) is 60.8 Å². The molecular formula is C15H10BrNO. The van der Waals surface area contributed by atoms with Crippen molar-refractivity contribution in [3.8, 4) is 0 Å². The van der Waals surface area contributed by atoms with E-state index in [-0.39, 0.29) is 5.91 Å². The number of aromatic nitrogens is 1. The summed E-state index contributed by atoms with van der Waals surface area (Å²) in [5, 5.41) is 1.06. The topological polar surface area (TPSA) is 22.0 Å². The lowest BCUT2D eigenvalue weighted by Gasteiger charge is -2.04. The zero-order valence-electron chi connectivity index (χ0n) is 9.51. The second kappa shape index (κ2) is 4.42. The Morgan fingerprint density at radius 3 is 2.56 bits per heavy atom. The van der Waals surface area contributed by atoms with Crippen LogP contribution >= 0.6 is 15.9 Å². The van der Waals surface area contributed by atoms with Crippen molar-refractivity contribution in [3.05, 3.63) is 70.8 Å². The molecule has 0 bridgehead atoms. The van der Waals surface area contributed by atoms with Gasteiger partial charge in [0.15, 0.2) is 0 Å². The molecule has 1 aromatic heterocycles. The minimum absolute atomic E-state index is 0.0105. The molecule has 0 atom stereocenters. The van der Waals surface area contributed by atoms with Crippen molar-refractivity contribution in [2.45, 2.75) is 0 Å². The molecule has 0 aliphatic heterocycles. The molecule has 0 spiro atoms. The van der Waals surface area contributed by atoms with Crippen molar-refractivity contribution in [2.24, 2.45) is 0 Å². The average Bonchev–Trinajstić information content (AvgIpc) is 2.82. The van der Waals surface area contributed by atoms with Crippen molar-refractivity contribution < 1.29 is 4.79 Å². The molecule has 0 fully saturated rings. The Hall–Kier alpha value is -1.87. The van der Waals surface area contributed by atoms with Crippen LogP contribution in [0.15, 0.2) is 65.3 Å². The van der Waals surface area contributed by atoms with Crippen molar-refractivity contribution in [1.29, 1.82) is 0 Å². The number of carbonyl (C=O) groups excluding carboxylic acids is 1. The minimum atomic E-state index is -0.0105. The third-order valence-electron chi connectivity index (χ3n) is 2.89. The van der Waals surface area contributed by atoms with Gasteiger partial charge in [-0.2, -0.15) is 0 Å². The van der Waals surface area contributed by atoms with Crippen LogP contribution in [0.4, 0.5) is 0 Å². The number of halogens is 1. The fraction of sp³-hybridized carbons (Fsp3) is 0. The molecular weight excluding hydrogens is 290 g/mol. The highest BCUT2D eigenvalue weighted by Crippen LogP contribution is 2.21. The van der Waals surface area contributed by atoms with Gasteiger partial charge < -0.3 is 0 Å². The smallest absolute Gasteiger partial charge is 0.262 e. The molecule has 1 heterocycles. The van der Waals surface area contributed by atoms with Crippen LogP contribution in [-0.4, -0.2) is 10.5 Å². The van der Waals surface area contributed by atoms with Gasteiger partial charge in [-0.25, -0.2) is 0 Å². The van der Waals surface area contributed by atoms with Crippen LogP contribution in [0, 0.1) is 0 Å². The van der Waals surface area contributed by atoms with Gasteiger partial charge in [0.05, 0.1) is 5.52 Å². The molecule has 0 radical (unpaired) electrons. The van der Waals surface area contributed by atoms with Crippen molar-refractivity contribution >= 4 is 32.7 Å². The molecule has 0 aliphatic carbocycles. The quantitative estimate of drug-likeness (QED) is 0.663. The summed E-state index contributed by atoms with van der Waals surface area (Å²) in [7, 11) is 0. The molecule has 18 heavy (non-hydrogen) atoms. The first-order valence-electron chi connectivity index (χ1n) is 5.62. The monoisotopic (exact) mass is 299 g/mol. The molecule has 0 saturated heterocycles. The Morgan fingerprint density at radius 2 is 1.78 bits per heavy atom. The highest BCUT2D eigenvalue weighted by Gasteiger charge is 2.10. The van der Waals surface area contributed by atoms with Gasteiger partial charge in [0.1, 0.15) is 0 Å². The molecule has 3 aromatic rings. The third-order valence-corrected chi connectivity index (χ3v) is 3.39. The number of carbonyl (C=O) groups is 1. The predicted octanol–water partition coefficient (Wildman–Crippen LogP) is 4.09. The van der Waals surface area contributed by atoms with Crippen molar-refractivity contribution in [1.82, 2.24) is 4.57 Å². The van der Waals surface area contributed by atoms with E-state index in [2.05, 4.69) is 15.9 Å². The summed E-state index contributed by atoms with van der Waals surface area (Å²) in [6, 6.07) is 17.2. The standard InChI is InChI=1S/C15H10BrNO/c16-13-7-6-11-8-9-17(14(11)10-13)15(18)12-4-2-1-3-5-12/h1-10H. The third kappa shape index (κ3) is 1.87. The highest BCUT2D eigenvalue weighted by atomic mass is 79.9. The first kappa shape index (κ1) is 11.2. The number of hydrogen-bond donors (Lipinski definition) is 0. The van der Waals surface area contributed by atoms with Gasteiger partial charge in [0.25, 0.3) is 5.91 Å². The zero-order chi connectivity index (χ0) is 12.5. The second-order valence-electron chi connectivity index (χ2n) is 4.06. The number of fused-ring (bicyclic) bond motifs is 1. The van der Waals surface area contributed by atoms with Crippen molar-refractivity contribution in [3.63, 3.8) is 0 Å². The lowest BCUT2D eigenvalue weighted by atomic mass is 10.2. The maximum Gasteiger partial charge on any atom is 0.262 e. The van der Waals surface area contributed by atoms with E-state index in [0.717, 1.165) is 15.4 Å². The Kier molecular flexibility index (Phi) is 2.76. The maximum absolute atomic E-state index is 12.4. The van der Waals surface area contributed by atoms with Gasteiger partial charge in [0.2, 0.25) is 0 Å². The molecule has 2 aromatic carbocycles. The second-order valence-corrected chi connectivity index (χ2v) is 4.98.